The maximum Gasteiger partial charge on any atom is 0.253 e. The van der Waals surface area contributed by atoms with Crippen molar-refractivity contribution in [1.82, 2.24) is 14.8 Å². The summed E-state index contributed by atoms with van der Waals surface area (Å²) in [5.74, 6) is -0.291. The molecule has 1 aromatic heterocycles. The molecule has 0 bridgehead atoms. The van der Waals surface area contributed by atoms with E-state index in [0.717, 1.165) is 51.3 Å². The summed E-state index contributed by atoms with van der Waals surface area (Å²) in [6.07, 6.45) is 5.21. The maximum atomic E-state index is 13.1. The van der Waals surface area contributed by atoms with Gasteiger partial charge in [-0.1, -0.05) is 6.07 Å². The van der Waals surface area contributed by atoms with Gasteiger partial charge in [0.2, 0.25) is 0 Å². The summed E-state index contributed by atoms with van der Waals surface area (Å²) >= 11 is 0. The molecular formula is C21H24FN3O. The van der Waals surface area contributed by atoms with Crippen LogP contribution in [0.4, 0.5) is 4.39 Å². The third kappa shape index (κ3) is 3.63. The van der Waals surface area contributed by atoms with Crippen LogP contribution in [0, 0.1) is 11.2 Å². The van der Waals surface area contributed by atoms with Crippen LogP contribution < -0.4 is 0 Å². The number of aromatic nitrogens is 1. The van der Waals surface area contributed by atoms with Crippen molar-refractivity contribution in [2.45, 2.75) is 25.8 Å². The third-order valence-corrected chi connectivity index (χ3v) is 5.67. The highest BCUT2D eigenvalue weighted by Crippen LogP contribution is 2.39. The van der Waals surface area contributed by atoms with E-state index in [1.807, 2.05) is 23.2 Å². The molecule has 0 radical (unpaired) electrons. The monoisotopic (exact) mass is 353 g/mol. The van der Waals surface area contributed by atoms with Crippen LogP contribution in [0.3, 0.4) is 0 Å². The molecule has 1 atom stereocenters. The van der Waals surface area contributed by atoms with Crippen molar-refractivity contribution >= 4 is 5.91 Å². The largest absolute Gasteiger partial charge is 0.338 e. The number of rotatable bonds is 3. The lowest BCUT2D eigenvalue weighted by atomic mass is 9.79. The van der Waals surface area contributed by atoms with E-state index < -0.39 is 0 Å². The van der Waals surface area contributed by atoms with E-state index in [1.165, 1.54) is 18.6 Å². The van der Waals surface area contributed by atoms with Crippen molar-refractivity contribution < 1.29 is 9.18 Å². The summed E-state index contributed by atoms with van der Waals surface area (Å²) in [5.41, 5.74) is 1.86. The second kappa shape index (κ2) is 7.16. The molecule has 3 heterocycles. The molecule has 136 valence electrons. The molecule has 0 N–H and O–H groups in total. The van der Waals surface area contributed by atoms with Crippen LogP contribution >= 0.6 is 0 Å². The number of piperidine rings is 1. The maximum absolute atomic E-state index is 13.1. The summed E-state index contributed by atoms with van der Waals surface area (Å²) in [6.45, 7) is 4.55. The SMILES string of the molecule is O=C(c1ccc(F)cc1)N1CCC2(CCCN(Cc3ccccn3)C2)C1. The van der Waals surface area contributed by atoms with Crippen LogP contribution in [0.15, 0.2) is 48.7 Å². The topological polar surface area (TPSA) is 36.4 Å². The first kappa shape index (κ1) is 17.2. The Bertz CT molecular complexity index is 765. The Morgan fingerprint density at radius 1 is 1.08 bits per heavy atom. The van der Waals surface area contributed by atoms with E-state index in [1.54, 1.807) is 12.1 Å². The zero-order valence-corrected chi connectivity index (χ0v) is 14.9. The molecule has 1 spiro atoms. The quantitative estimate of drug-likeness (QED) is 0.849. The van der Waals surface area contributed by atoms with Gasteiger partial charge in [-0.05, 0) is 62.2 Å². The number of benzene rings is 1. The molecule has 26 heavy (non-hydrogen) atoms. The first-order valence-corrected chi connectivity index (χ1v) is 9.31. The van der Waals surface area contributed by atoms with Crippen molar-refractivity contribution in [1.29, 1.82) is 0 Å². The number of likely N-dealkylation sites (tertiary alicyclic amines) is 2. The van der Waals surface area contributed by atoms with E-state index in [2.05, 4.69) is 16.0 Å². The van der Waals surface area contributed by atoms with E-state index in [-0.39, 0.29) is 17.1 Å². The summed E-state index contributed by atoms with van der Waals surface area (Å²) in [7, 11) is 0. The number of pyridine rings is 1. The third-order valence-electron chi connectivity index (χ3n) is 5.67. The normalized spacial score (nSPS) is 23.5. The molecule has 2 aliphatic heterocycles. The smallest absolute Gasteiger partial charge is 0.253 e. The van der Waals surface area contributed by atoms with Crippen LogP contribution in [-0.4, -0.2) is 46.9 Å². The van der Waals surface area contributed by atoms with Gasteiger partial charge in [-0.2, -0.15) is 0 Å². The Hall–Kier alpha value is -2.27. The van der Waals surface area contributed by atoms with E-state index in [4.69, 9.17) is 0 Å². The van der Waals surface area contributed by atoms with Gasteiger partial charge in [0.05, 0.1) is 5.69 Å². The van der Waals surface area contributed by atoms with Crippen molar-refractivity contribution in [3.05, 3.63) is 65.7 Å². The number of halogens is 1. The summed E-state index contributed by atoms with van der Waals surface area (Å²) in [5, 5.41) is 0. The molecule has 1 unspecified atom stereocenters. The highest BCUT2D eigenvalue weighted by Gasteiger charge is 2.42. The van der Waals surface area contributed by atoms with Gasteiger partial charge in [0.1, 0.15) is 5.82 Å². The average Bonchev–Trinajstić information content (AvgIpc) is 3.06. The molecule has 1 amide bonds. The number of carbonyl (C=O) groups excluding carboxylic acids is 1. The molecule has 2 aromatic rings. The van der Waals surface area contributed by atoms with Gasteiger partial charge >= 0.3 is 0 Å². The average molecular weight is 353 g/mol. The lowest BCUT2D eigenvalue weighted by Gasteiger charge is -2.40. The van der Waals surface area contributed by atoms with E-state index in [0.29, 0.717) is 5.56 Å². The number of nitrogens with zero attached hydrogens (tertiary/aromatic N) is 3. The number of amides is 1. The minimum atomic E-state index is -0.308. The van der Waals surface area contributed by atoms with Gasteiger partial charge in [-0.25, -0.2) is 4.39 Å². The zero-order chi connectivity index (χ0) is 18.0. The van der Waals surface area contributed by atoms with Crippen LogP contribution in [0.25, 0.3) is 0 Å². The fraction of sp³-hybridized carbons (Fsp3) is 0.429. The molecule has 2 aliphatic rings. The van der Waals surface area contributed by atoms with Crippen molar-refractivity contribution in [2.24, 2.45) is 5.41 Å². The van der Waals surface area contributed by atoms with Gasteiger partial charge in [0, 0.05) is 43.4 Å². The molecule has 4 nitrogen and oxygen atoms in total. The van der Waals surface area contributed by atoms with Crippen LogP contribution in [0.2, 0.25) is 0 Å². The summed E-state index contributed by atoms with van der Waals surface area (Å²) in [6, 6.07) is 11.9. The van der Waals surface area contributed by atoms with Gasteiger partial charge in [0.25, 0.3) is 5.91 Å². The van der Waals surface area contributed by atoms with Gasteiger partial charge in [-0.15, -0.1) is 0 Å². The van der Waals surface area contributed by atoms with E-state index in [9.17, 15) is 9.18 Å². The Labute approximate surface area is 153 Å². The van der Waals surface area contributed by atoms with Crippen molar-refractivity contribution in [3.63, 3.8) is 0 Å². The van der Waals surface area contributed by atoms with Crippen LogP contribution in [0.1, 0.15) is 35.3 Å². The Morgan fingerprint density at radius 2 is 1.92 bits per heavy atom. The lowest BCUT2D eigenvalue weighted by molar-refractivity contribution is 0.0672. The molecule has 0 saturated carbocycles. The van der Waals surface area contributed by atoms with Crippen molar-refractivity contribution in [2.75, 3.05) is 26.2 Å². The molecule has 2 saturated heterocycles. The fourth-order valence-corrected chi connectivity index (χ4v) is 4.38. The number of hydrogen-bond acceptors (Lipinski definition) is 3. The summed E-state index contributed by atoms with van der Waals surface area (Å²) in [4.78, 5) is 21.6. The number of hydrogen-bond donors (Lipinski definition) is 0. The standard InChI is InChI=1S/C21H24FN3O/c22-18-7-5-17(6-8-18)20(26)25-13-10-21(16-25)9-3-12-24(15-21)14-19-4-1-2-11-23-19/h1-2,4-8,11H,3,9-10,12-16H2. The van der Waals surface area contributed by atoms with Gasteiger partial charge < -0.3 is 4.90 Å². The molecule has 0 aliphatic carbocycles. The zero-order valence-electron chi connectivity index (χ0n) is 14.9. The molecule has 4 rings (SSSR count). The molecule has 5 heteroatoms. The van der Waals surface area contributed by atoms with Gasteiger partial charge in [0.15, 0.2) is 0 Å². The lowest BCUT2D eigenvalue weighted by Crippen LogP contribution is -2.45. The minimum absolute atomic E-state index is 0.0173. The van der Waals surface area contributed by atoms with E-state index >= 15 is 0 Å². The summed E-state index contributed by atoms with van der Waals surface area (Å²) < 4.78 is 13.1. The number of carbonyl (C=O) groups is 1. The van der Waals surface area contributed by atoms with Crippen LogP contribution in [-0.2, 0) is 6.54 Å². The second-order valence-corrected chi connectivity index (χ2v) is 7.62. The van der Waals surface area contributed by atoms with Gasteiger partial charge in [-0.3, -0.25) is 14.7 Å². The Morgan fingerprint density at radius 3 is 2.69 bits per heavy atom. The highest BCUT2D eigenvalue weighted by molar-refractivity contribution is 5.94. The second-order valence-electron chi connectivity index (χ2n) is 7.62. The molecule has 2 fully saturated rings. The molecular weight excluding hydrogens is 329 g/mol. The van der Waals surface area contributed by atoms with Crippen LogP contribution in [0.5, 0.6) is 0 Å². The Balaban J connectivity index is 1.41. The Kier molecular flexibility index (Phi) is 4.72. The first-order chi connectivity index (χ1) is 12.6. The minimum Gasteiger partial charge on any atom is -0.338 e. The predicted octanol–water partition coefficient (Wildman–Crippen LogP) is 3.35. The highest BCUT2D eigenvalue weighted by atomic mass is 19.1. The first-order valence-electron chi connectivity index (χ1n) is 9.31. The van der Waals surface area contributed by atoms with Crippen molar-refractivity contribution in [3.8, 4) is 0 Å². The predicted molar refractivity (Wildman–Crippen MR) is 98.1 cm³/mol. The molecule has 1 aromatic carbocycles. The fourth-order valence-electron chi connectivity index (χ4n) is 4.38.